The molecule has 2 aromatic rings. The first kappa shape index (κ1) is 18.8. The Balaban J connectivity index is 1.39. The number of para-hydroxylation sites is 1. The second kappa shape index (κ2) is 8.63. The highest BCUT2D eigenvalue weighted by Gasteiger charge is 2.28. The fraction of sp³-hybridized carbons (Fsp3) is 0.300. The van der Waals surface area contributed by atoms with Gasteiger partial charge in [-0.2, -0.15) is 0 Å². The third-order valence-electron chi connectivity index (χ3n) is 4.35. The number of rotatable bonds is 4. The Bertz CT molecular complexity index is 853. The van der Waals surface area contributed by atoms with Crippen LogP contribution in [0.15, 0.2) is 53.4 Å². The molecule has 1 atom stereocenters. The number of anilines is 2. The number of nitrogens with one attached hydrogen (secondary N) is 2. The second-order valence-corrected chi connectivity index (χ2v) is 10.4. The van der Waals surface area contributed by atoms with Gasteiger partial charge in [0.25, 0.3) is 0 Å². The van der Waals surface area contributed by atoms with Crippen LogP contribution in [0.1, 0.15) is 23.0 Å². The molecule has 0 aromatic heterocycles. The molecule has 27 heavy (non-hydrogen) atoms. The molecule has 4 rings (SSSR count). The molecule has 0 radical (unpaired) electrons. The van der Waals surface area contributed by atoms with Crippen molar-refractivity contribution in [2.45, 2.75) is 27.6 Å². The molecule has 0 unspecified atom stereocenters. The number of carbonyl (C=O) groups is 2. The summed E-state index contributed by atoms with van der Waals surface area (Å²) in [5.41, 5.74) is 2.85. The van der Waals surface area contributed by atoms with Crippen molar-refractivity contribution in [3.63, 3.8) is 0 Å². The van der Waals surface area contributed by atoms with Crippen molar-refractivity contribution in [2.24, 2.45) is 0 Å². The summed E-state index contributed by atoms with van der Waals surface area (Å²) >= 11 is 5.37. The molecule has 2 heterocycles. The number of amides is 2. The first-order valence-corrected chi connectivity index (χ1v) is 11.9. The molecule has 2 amide bonds. The zero-order valence-electron chi connectivity index (χ0n) is 14.6. The second-order valence-electron chi connectivity index (χ2n) is 6.40. The number of benzene rings is 2. The average molecular weight is 417 g/mol. The summed E-state index contributed by atoms with van der Waals surface area (Å²) in [5.74, 6) is 2.12. The summed E-state index contributed by atoms with van der Waals surface area (Å²) in [6.45, 7) is 0. The molecule has 140 valence electrons. The largest absolute Gasteiger partial charge is 0.326 e. The first-order chi connectivity index (χ1) is 13.2. The molecule has 2 aromatic carbocycles. The van der Waals surface area contributed by atoms with Crippen molar-refractivity contribution in [1.82, 2.24) is 0 Å². The molecular formula is C20H20N2O2S3. The van der Waals surface area contributed by atoms with E-state index in [-0.39, 0.29) is 18.2 Å². The molecule has 0 spiro atoms. The van der Waals surface area contributed by atoms with Crippen molar-refractivity contribution in [1.29, 1.82) is 0 Å². The molecule has 2 aliphatic heterocycles. The lowest BCUT2D eigenvalue weighted by Gasteiger charge is -2.24. The average Bonchev–Trinajstić information content (AvgIpc) is 2.69. The SMILES string of the molecule is O=C(C[C@H]1Sc2ccccc2NC1=O)Nc1cccc(C2SCCCS2)c1. The van der Waals surface area contributed by atoms with E-state index >= 15 is 0 Å². The van der Waals surface area contributed by atoms with Gasteiger partial charge in [-0.15, -0.1) is 35.3 Å². The number of hydrogen-bond acceptors (Lipinski definition) is 5. The van der Waals surface area contributed by atoms with E-state index in [9.17, 15) is 9.59 Å². The highest BCUT2D eigenvalue weighted by Crippen LogP contribution is 2.44. The molecule has 1 saturated heterocycles. The van der Waals surface area contributed by atoms with Crippen LogP contribution in [0.4, 0.5) is 11.4 Å². The minimum atomic E-state index is -0.410. The van der Waals surface area contributed by atoms with Crippen molar-refractivity contribution >= 4 is 58.5 Å². The van der Waals surface area contributed by atoms with E-state index in [0.29, 0.717) is 4.58 Å². The van der Waals surface area contributed by atoms with E-state index in [1.807, 2.05) is 59.9 Å². The summed E-state index contributed by atoms with van der Waals surface area (Å²) in [7, 11) is 0. The third-order valence-corrected chi connectivity index (χ3v) is 8.64. The zero-order chi connectivity index (χ0) is 18.6. The lowest BCUT2D eigenvalue weighted by atomic mass is 10.2. The van der Waals surface area contributed by atoms with Gasteiger partial charge in [-0.3, -0.25) is 9.59 Å². The molecule has 0 saturated carbocycles. The van der Waals surface area contributed by atoms with Gasteiger partial charge in [-0.25, -0.2) is 0 Å². The molecule has 2 N–H and O–H groups in total. The number of carbonyl (C=O) groups excluding carboxylic acids is 2. The fourth-order valence-electron chi connectivity index (χ4n) is 3.05. The molecule has 0 bridgehead atoms. The van der Waals surface area contributed by atoms with E-state index in [4.69, 9.17) is 0 Å². The van der Waals surface area contributed by atoms with E-state index in [2.05, 4.69) is 22.8 Å². The molecule has 2 aliphatic rings. The topological polar surface area (TPSA) is 58.2 Å². The van der Waals surface area contributed by atoms with Crippen LogP contribution in [-0.4, -0.2) is 28.6 Å². The van der Waals surface area contributed by atoms with Crippen LogP contribution in [-0.2, 0) is 9.59 Å². The van der Waals surface area contributed by atoms with Crippen molar-refractivity contribution in [2.75, 3.05) is 22.1 Å². The summed E-state index contributed by atoms with van der Waals surface area (Å²) < 4.78 is 0.437. The highest BCUT2D eigenvalue weighted by atomic mass is 32.2. The zero-order valence-corrected chi connectivity index (χ0v) is 17.1. The molecular weight excluding hydrogens is 396 g/mol. The maximum atomic E-state index is 12.5. The van der Waals surface area contributed by atoms with Crippen molar-refractivity contribution in [3.8, 4) is 0 Å². The van der Waals surface area contributed by atoms with Gasteiger partial charge in [0.05, 0.1) is 15.5 Å². The van der Waals surface area contributed by atoms with Crippen molar-refractivity contribution in [3.05, 3.63) is 54.1 Å². The van der Waals surface area contributed by atoms with E-state index in [1.165, 1.54) is 35.3 Å². The molecule has 1 fully saturated rings. The van der Waals surface area contributed by atoms with Gasteiger partial charge in [0.1, 0.15) is 0 Å². The quantitative estimate of drug-likeness (QED) is 0.735. The maximum absolute atomic E-state index is 12.5. The van der Waals surface area contributed by atoms with Crippen molar-refractivity contribution < 1.29 is 9.59 Å². The minimum Gasteiger partial charge on any atom is -0.326 e. The predicted molar refractivity (Wildman–Crippen MR) is 117 cm³/mol. The summed E-state index contributed by atoms with van der Waals surface area (Å²) in [6, 6.07) is 15.7. The Morgan fingerprint density at radius 3 is 2.78 bits per heavy atom. The van der Waals surface area contributed by atoms with Gasteiger partial charge in [0, 0.05) is 17.0 Å². The van der Waals surface area contributed by atoms with Crippen LogP contribution in [0, 0.1) is 0 Å². The van der Waals surface area contributed by atoms with E-state index in [0.717, 1.165) is 16.3 Å². The number of fused-ring (bicyclic) bond motifs is 1. The highest BCUT2D eigenvalue weighted by molar-refractivity contribution is 8.16. The fourth-order valence-corrected chi connectivity index (χ4v) is 7.03. The first-order valence-electron chi connectivity index (χ1n) is 8.88. The van der Waals surface area contributed by atoms with Gasteiger partial charge in [0.15, 0.2) is 0 Å². The molecule has 4 nitrogen and oxygen atoms in total. The monoisotopic (exact) mass is 416 g/mol. The van der Waals surface area contributed by atoms with E-state index in [1.54, 1.807) is 0 Å². The summed E-state index contributed by atoms with van der Waals surface area (Å²) in [4.78, 5) is 25.8. The Morgan fingerprint density at radius 2 is 1.93 bits per heavy atom. The smallest absolute Gasteiger partial charge is 0.238 e. The van der Waals surface area contributed by atoms with Crippen LogP contribution in [0.2, 0.25) is 0 Å². The lowest BCUT2D eigenvalue weighted by Crippen LogP contribution is -2.32. The van der Waals surface area contributed by atoms with Gasteiger partial charge in [-0.05, 0) is 47.8 Å². The van der Waals surface area contributed by atoms with Gasteiger partial charge >= 0.3 is 0 Å². The maximum Gasteiger partial charge on any atom is 0.238 e. The van der Waals surface area contributed by atoms with Crippen LogP contribution in [0.25, 0.3) is 0 Å². The standard InChI is InChI=1S/C20H20N2O2S3/c23-18(12-17-19(24)22-15-7-1-2-8-16(15)27-17)21-14-6-3-5-13(11-14)20-25-9-4-10-26-20/h1-3,5-8,11,17,20H,4,9-10,12H2,(H,21,23)(H,22,24)/t17-/m1/s1. The van der Waals surface area contributed by atoms with Crippen LogP contribution < -0.4 is 10.6 Å². The number of hydrogen-bond donors (Lipinski definition) is 2. The van der Waals surface area contributed by atoms with Gasteiger partial charge in [0.2, 0.25) is 11.8 Å². The van der Waals surface area contributed by atoms with Gasteiger partial charge in [-0.1, -0.05) is 24.3 Å². The predicted octanol–water partition coefficient (Wildman–Crippen LogP) is 5.00. The summed E-state index contributed by atoms with van der Waals surface area (Å²) in [5, 5.41) is 5.44. The van der Waals surface area contributed by atoms with Crippen LogP contribution in [0.3, 0.4) is 0 Å². The van der Waals surface area contributed by atoms with Crippen LogP contribution in [0.5, 0.6) is 0 Å². The number of thioether (sulfide) groups is 3. The normalized spacial score (nSPS) is 19.9. The van der Waals surface area contributed by atoms with E-state index < -0.39 is 5.25 Å². The molecule has 0 aliphatic carbocycles. The Morgan fingerprint density at radius 1 is 1.11 bits per heavy atom. The summed E-state index contributed by atoms with van der Waals surface area (Å²) in [6.07, 6.45) is 1.41. The lowest BCUT2D eigenvalue weighted by molar-refractivity contribution is -0.120. The van der Waals surface area contributed by atoms with Gasteiger partial charge < -0.3 is 10.6 Å². The Labute approximate surface area is 171 Å². The minimum absolute atomic E-state index is 0.113. The Kier molecular flexibility index (Phi) is 6.00. The third kappa shape index (κ3) is 4.65. The van der Waals surface area contributed by atoms with Crippen LogP contribution >= 0.6 is 35.3 Å². The molecule has 7 heteroatoms. The Hall–Kier alpha value is -1.57.